The Hall–Kier alpha value is -5.92. The van der Waals surface area contributed by atoms with Crippen LogP contribution in [0.4, 0.5) is 0 Å². The summed E-state index contributed by atoms with van der Waals surface area (Å²) in [6.07, 6.45) is 0. The molecule has 8 aromatic rings. The minimum absolute atomic E-state index is 0.498. The molecule has 0 bridgehead atoms. The van der Waals surface area contributed by atoms with E-state index < -0.39 is 0 Å². The maximum absolute atomic E-state index is 9.53. The Labute approximate surface area is 248 Å². The number of aromatic nitrogens is 2. The van der Waals surface area contributed by atoms with Crippen LogP contribution in [0.5, 0.6) is 0 Å². The molecule has 4 heteroatoms. The maximum Gasteiger partial charge on any atom is 0.0991 e. The highest BCUT2D eigenvalue weighted by molar-refractivity contribution is 6.26. The number of fused-ring (bicyclic) bond motifs is 7. The Kier molecular flexibility index (Phi) is 5.53. The van der Waals surface area contributed by atoms with Gasteiger partial charge in [-0.3, -0.25) is 0 Å². The molecule has 0 aliphatic carbocycles. The van der Waals surface area contributed by atoms with Crippen LogP contribution in [0.15, 0.2) is 133 Å². The van der Waals surface area contributed by atoms with E-state index >= 15 is 0 Å². The monoisotopic (exact) mass is 550 g/mol. The molecule has 0 unspecified atom stereocenters. The predicted molar refractivity (Wildman–Crippen MR) is 178 cm³/mol. The van der Waals surface area contributed by atoms with Gasteiger partial charge in [0.05, 0.1) is 39.4 Å². The van der Waals surface area contributed by atoms with Crippen molar-refractivity contribution in [1.29, 1.82) is 10.7 Å². The van der Waals surface area contributed by atoms with Crippen LogP contribution >= 0.6 is 0 Å². The molecule has 0 aliphatic heterocycles. The second-order valence-corrected chi connectivity index (χ2v) is 10.9. The minimum Gasteiger partial charge on any atom is -0.309 e. The Morgan fingerprint density at radius 2 is 1.30 bits per heavy atom. The molecule has 2 aromatic heterocycles. The van der Waals surface area contributed by atoms with Gasteiger partial charge in [0.1, 0.15) is 0 Å². The highest BCUT2D eigenvalue weighted by Crippen LogP contribution is 2.42. The Morgan fingerprint density at radius 3 is 2.07 bits per heavy atom. The fraction of sp³-hybridized carbons (Fsp3) is 0.0256. The zero-order valence-electron chi connectivity index (χ0n) is 23.5. The SMILES string of the molecule is CC(=N)c1ccc(-c2cccc(C#N)c2)cc1-n1c2ccccc2c2c1ccc1c3ccccc3n(-c3ccccc3)c12. The number of rotatable bonds is 4. The van der Waals surface area contributed by atoms with Crippen molar-refractivity contribution in [2.24, 2.45) is 0 Å². The number of benzene rings is 6. The standard InChI is InChI=1S/C39H26N4/c1-25(41)30-19-18-28(27-11-9-10-26(22-27)24-40)23-37(30)43-35-17-8-6-15-33(35)38-36(43)21-20-32-31-14-5-7-16-34(31)42(39(32)38)29-12-3-2-4-13-29/h2-23,41H,1H3. The molecular weight excluding hydrogens is 524 g/mol. The van der Waals surface area contributed by atoms with E-state index in [1.54, 1.807) is 0 Å². The highest BCUT2D eigenvalue weighted by Gasteiger charge is 2.22. The first-order valence-electron chi connectivity index (χ1n) is 14.4. The number of nitriles is 1. The van der Waals surface area contributed by atoms with E-state index in [0.29, 0.717) is 11.3 Å². The van der Waals surface area contributed by atoms with Gasteiger partial charge in [0, 0.05) is 38.5 Å². The molecule has 0 saturated heterocycles. The minimum atomic E-state index is 0.498. The van der Waals surface area contributed by atoms with Crippen LogP contribution in [0.3, 0.4) is 0 Å². The van der Waals surface area contributed by atoms with Gasteiger partial charge in [-0.1, -0.05) is 84.9 Å². The van der Waals surface area contributed by atoms with Crippen molar-refractivity contribution in [3.8, 4) is 28.6 Å². The molecule has 0 amide bonds. The molecule has 0 atom stereocenters. The summed E-state index contributed by atoms with van der Waals surface area (Å²) in [4.78, 5) is 0. The van der Waals surface area contributed by atoms with Gasteiger partial charge in [-0.2, -0.15) is 5.26 Å². The molecule has 4 nitrogen and oxygen atoms in total. The van der Waals surface area contributed by atoms with Gasteiger partial charge >= 0.3 is 0 Å². The van der Waals surface area contributed by atoms with Crippen LogP contribution in [0.2, 0.25) is 0 Å². The molecule has 202 valence electrons. The first kappa shape index (κ1) is 24.8. The summed E-state index contributed by atoms with van der Waals surface area (Å²) in [5.41, 5.74) is 10.5. The molecule has 8 rings (SSSR count). The lowest BCUT2D eigenvalue weighted by Gasteiger charge is -2.15. The first-order chi connectivity index (χ1) is 21.1. The third-order valence-electron chi connectivity index (χ3n) is 8.45. The molecule has 0 saturated carbocycles. The van der Waals surface area contributed by atoms with E-state index in [1.807, 2.05) is 43.3 Å². The second-order valence-electron chi connectivity index (χ2n) is 10.9. The van der Waals surface area contributed by atoms with Gasteiger partial charge in [-0.15, -0.1) is 0 Å². The van der Waals surface area contributed by atoms with E-state index in [2.05, 4.69) is 112 Å². The van der Waals surface area contributed by atoms with Crippen LogP contribution in [-0.4, -0.2) is 14.8 Å². The van der Waals surface area contributed by atoms with Crippen molar-refractivity contribution in [1.82, 2.24) is 9.13 Å². The van der Waals surface area contributed by atoms with Crippen molar-refractivity contribution < 1.29 is 0 Å². The Bertz CT molecular complexity index is 2430. The van der Waals surface area contributed by atoms with E-state index in [4.69, 9.17) is 5.41 Å². The van der Waals surface area contributed by atoms with E-state index in [1.165, 1.54) is 27.2 Å². The van der Waals surface area contributed by atoms with Crippen LogP contribution in [-0.2, 0) is 0 Å². The van der Waals surface area contributed by atoms with Gasteiger partial charge < -0.3 is 14.5 Å². The highest BCUT2D eigenvalue weighted by atomic mass is 15.0. The van der Waals surface area contributed by atoms with Crippen LogP contribution in [0, 0.1) is 16.7 Å². The fourth-order valence-corrected chi connectivity index (χ4v) is 6.60. The zero-order chi connectivity index (χ0) is 29.1. The number of hydrogen-bond acceptors (Lipinski definition) is 2. The summed E-state index contributed by atoms with van der Waals surface area (Å²) in [6.45, 7) is 1.84. The second kappa shape index (κ2) is 9.58. The average Bonchev–Trinajstić information content (AvgIpc) is 3.58. The molecule has 2 heterocycles. The lowest BCUT2D eigenvalue weighted by molar-refractivity contribution is 1.17. The van der Waals surface area contributed by atoms with Crippen molar-refractivity contribution in [2.45, 2.75) is 6.92 Å². The third-order valence-corrected chi connectivity index (χ3v) is 8.45. The number of hydrogen-bond donors (Lipinski definition) is 1. The van der Waals surface area contributed by atoms with Gasteiger partial charge in [-0.25, -0.2) is 0 Å². The van der Waals surface area contributed by atoms with Crippen LogP contribution in [0.25, 0.3) is 66.1 Å². The molecule has 6 aromatic carbocycles. The lowest BCUT2D eigenvalue weighted by atomic mass is 9.99. The fourth-order valence-electron chi connectivity index (χ4n) is 6.60. The molecule has 0 spiro atoms. The molecule has 43 heavy (non-hydrogen) atoms. The predicted octanol–water partition coefficient (Wildman–Crippen LogP) is 9.81. The summed E-state index contributed by atoms with van der Waals surface area (Å²) in [6, 6.07) is 48.4. The maximum atomic E-state index is 9.53. The largest absolute Gasteiger partial charge is 0.309 e. The number of nitrogens with zero attached hydrogens (tertiary/aromatic N) is 3. The quantitative estimate of drug-likeness (QED) is 0.218. The molecule has 1 N–H and O–H groups in total. The summed E-state index contributed by atoms with van der Waals surface area (Å²) < 4.78 is 4.69. The number of para-hydroxylation sites is 3. The van der Waals surface area contributed by atoms with E-state index in [9.17, 15) is 5.26 Å². The average molecular weight is 551 g/mol. The molecular formula is C39H26N4. The van der Waals surface area contributed by atoms with Crippen molar-refractivity contribution in [3.63, 3.8) is 0 Å². The van der Waals surface area contributed by atoms with Gasteiger partial charge in [-0.05, 0) is 66.6 Å². The van der Waals surface area contributed by atoms with E-state index in [0.717, 1.165) is 44.5 Å². The van der Waals surface area contributed by atoms with Gasteiger partial charge in [0.25, 0.3) is 0 Å². The van der Waals surface area contributed by atoms with Crippen LogP contribution < -0.4 is 0 Å². The van der Waals surface area contributed by atoms with E-state index in [-0.39, 0.29) is 0 Å². The summed E-state index contributed by atoms with van der Waals surface area (Å²) in [7, 11) is 0. The topological polar surface area (TPSA) is 57.5 Å². The Balaban J connectivity index is 1.54. The molecule has 0 aliphatic rings. The smallest absolute Gasteiger partial charge is 0.0991 e. The lowest BCUT2D eigenvalue weighted by Crippen LogP contribution is -2.04. The van der Waals surface area contributed by atoms with Crippen molar-refractivity contribution >= 4 is 49.3 Å². The molecule has 0 radical (unpaired) electrons. The Morgan fingerprint density at radius 1 is 0.605 bits per heavy atom. The normalized spacial score (nSPS) is 11.4. The first-order valence-corrected chi connectivity index (χ1v) is 14.4. The zero-order valence-corrected chi connectivity index (χ0v) is 23.5. The number of nitrogens with one attached hydrogen (secondary N) is 1. The van der Waals surface area contributed by atoms with Crippen molar-refractivity contribution in [3.05, 3.63) is 145 Å². The summed E-state index contributed by atoms with van der Waals surface area (Å²) >= 11 is 0. The third kappa shape index (κ3) is 3.72. The molecule has 0 fully saturated rings. The van der Waals surface area contributed by atoms with Gasteiger partial charge in [0.15, 0.2) is 0 Å². The summed E-state index contributed by atoms with van der Waals surface area (Å²) in [5, 5.41) is 23.0. The van der Waals surface area contributed by atoms with Crippen LogP contribution in [0.1, 0.15) is 18.1 Å². The van der Waals surface area contributed by atoms with Gasteiger partial charge in [0.2, 0.25) is 0 Å². The van der Waals surface area contributed by atoms with Crippen molar-refractivity contribution in [2.75, 3.05) is 0 Å². The summed E-state index contributed by atoms with van der Waals surface area (Å²) in [5.74, 6) is 0.